The molecule has 6 heteroatoms. The van der Waals surface area contributed by atoms with Gasteiger partial charge in [-0.1, -0.05) is 45.6 Å². The highest BCUT2D eigenvalue weighted by Crippen LogP contribution is 2.35. The normalized spacial score (nSPS) is 23.2. The first-order chi connectivity index (χ1) is 8.97. The Hall–Kier alpha value is -0.290. The second kappa shape index (κ2) is 6.44. The lowest BCUT2D eigenvalue weighted by molar-refractivity contribution is -0.120. The second-order valence-corrected chi connectivity index (χ2v) is 6.59. The van der Waals surface area contributed by atoms with Gasteiger partial charge in [0.25, 0.3) is 0 Å². The van der Waals surface area contributed by atoms with Crippen LogP contribution in [0.15, 0.2) is 16.6 Å². The number of amides is 1. The fourth-order valence-electron chi connectivity index (χ4n) is 2.35. The van der Waals surface area contributed by atoms with Gasteiger partial charge >= 0.3 is 0 Å². The molecule has 2 unspecified atom stereocenters. The van der Waals surface area contributed by atoms with Crippen molar-refractivity contribution in [1.29, 1.82) is 0 Å². The van der Waals surface area contributed by atoms with E-state index in [9.17, 15) is 4.79 Å². The van der Waals surface area contributed by atoms with E-state index in [1.165, 1.54) is 0 Å². The Balaban J connectivity index is 2.10. The molecule has 1 aromatic carbocycles. The monoisotopic (exact) mass is 364 g/mol. The van der Waals surface area contributed by atoms with Crippen molar-refractivity contribution in [3.05, 3.63) is 26.7 Å². The summed E-state index contributed by atoms with van der Waals surface area (Å²) in [6.45, 7) is 0. The number of carbonyl (C=O) groups is 1. The van der Waals surface area contributed by atoms with E-state index in [4.69, 9.17) is 28.9 Å². The van der Waals surface area contributed by atoms with Gasteiger partial charge in [0, 0.05) is 16.4 Å². The smallest absolute Gasteiger partial charge is 0.227 e. The third-order valence-electron chi connectivity index (χ3n) is 3.34. The average Bonchev–Trinajstić information content (AvgIpc) is 2.33. The average molecular weight is 366 g/mol. The van der Waals surface area contributed by atoms with Gasteiger partial charge < -0.3 is 11.1 Å². The standard InChI is InChI=1S/C13H15BrCl2N2O/c14-8-5-10(15)12(11(16)6-8)18-13(19)7-2-1-3-9(17)4-7/h5-7,9H,1-4,17H2,(H,18,19). The van der Waals surface area contributed by atoms with E-state index in [1.54, 1.807) is 12.1 Å². The number of hydrogen-bond acceptors (Lipinski definition) is 2. The summed E-state index contributed by atoms with van der Waals surface area (Å²) >= 11 is 15.5. The molecule has 3 N–H and O–H groups in total. The molecule has 19 heavy (non-hydrogen) atoms. The molecule has 1 aliphatic carbocycles. The number of halogens is 3. The summed E-state index contributed by atoms with van der Waals surface area (Å²) in [7, 11) is 0. The molecule has 0 heterocycles. The van der Waals surface area contributed by atoms with Crippen molar-refractivity contribution in [2.24, 2.45) is 11.7 Å². The molecule has 0 aromatic heterocycles. The summed E-state index contributed by atoms with van der Waals surface area (Å²) in [4.78, 5) is 12.2. The topological polar surface area (TPSA) is 55.1 Å². The molecule has 2 rings (SSSR count). The van der Waals surface area contributed by atoms with Crippen LogP contribution in [0.4, 0.5) is 5.69 Å². The van der Waals surface area contributed by atoms with Crippen LogP contribution in [0.5, 0.6) is 0 Å². The molecule has 1 aliphatic rings. The lowest BCUT2D eigenvalue weighted by Crippen LogP contribution is -2.34. The third kappa shape index (κ3) is 3.85. The summed E-state index contributed by atoms with van der Waals surface area (Å²) < 4.78 is 0.778. The van der Waals surface area contributed by atoms with Gasteiger partial charge in [-0.2, -0.15) is 0 Å². The third-order valence-corrected chi connectivity index (χ3v) is 4.39. The van der Waals surface area contributed by atoms with Crippen molar-refractivity contribution in [3.63, 3.8) is 0 Å². The van der Waals surface area contributed by atoms with Crippen molar-refractivity contribution in [3.8, 4) is 0 Å². The highest BCUT2D eigenvalue weighted by atomic mass is 79.9. The highest BCUT2D eigenvalue weighted by Gasteiger charge is 2.26. The van der Waals surface area contributed by atoms with E-state index >= 15 is 0 Å². The zero-order valence-electron chi connectivity index (χ0n) is 10.3. The zero-order chi connectivity index (χ0) is 14.0. The van der Waals surface area contributed by atoms with Gasteiger partial charge in [-0.3, -0.25) is 4.79 Å². The number of rotatable bonds is 2. The van der Waals surface area contributed by atoms with Gasteiger partial charge in [-0.25, -0.2) is 0 Å². The van der Waals surface area contributed by atoms with E-state index in [2.05, 4.69) is 21.2 Å². The first-order valence-electron chi connectivity index (χ1n) is 6.18. The van der Waals surface area contributed by atoms with Gasteiger partial charge in [0.15, 0.2) is 0 Å². The maximum absolute atomic E-state index is 12.2. The van der Waals surface area contributed by atoms with Gasteiger partial charge in [0.2, 0.25) is 5.91 Å². The van der Waals surface area contributed by atoms with E-state index in [0.717, 1.165) is 30.2 Å². The Bertz CT molecular complexity index is 473. The van der Waals surface area contributed by atoms with Crippen LogP contribution in [-0.2, 0) is 4.79 Å². The molecule has 104 valence electrons. The van der Waals surface area contributed by atoms with Crippen LogP contribution in [0.2, 0.25) is 10.0 Å². The van der Waals surface area contributed by atoms with Crippen LogP contribution in [-0.4, -0.2) is 11.9 Å². The maximum atomic E-state index is 12.2. The van der Waals surface area contributed by atoms with Crippen molar-refractivity contribution in [1.82, 2.24) is 0 Å². The quantitative estimate of drug-likeness (QED) is 0.824. The first kappa shape index (κ1) is 15.1. The minimum atomic E-state index is -0.0560. The Kier molecular flexibility index (Phi) is 5.12. The molecule has 1 saturated carbocycles. The molecule has 3 nitrogen and oxygen atoms in total. The molecule has 0 aliphatic heterocycles. The molecule has 1 fully saturated rings. The van der Waals surface area contributed by atoms with Crippen LogP contribution in [0, 0.1) is 5.92 Å². The van der Waals surface area contributed by atoms with E-state index in [-0.39, 0.29) is 17.9 Å². The van der Waals surface area contributed by atoms with Crippen LogP contribution >= 0.6 is 39.1 Å². The SMILES string of the molecule is NC1CCCC(C(=O)Nc2c(Cl)cc(Br)cc2Cl)C1. The predicted octanol–water partition coefficient (Wildman–Crippen LogP) is 4.21. The second-order valence-electron chi connectivity index (χ2n) is 4.86. The molecule has 1 amide bonds. The lowest BCUT2D eigenvalue weighted by atomic mass is 9.85. The number of hydrogen-bond donors (Lipinski definition) is 2. The molecule has 0 spiro atoms. The van der Waals surface area contributed by atoms with Crippen LogP contribution in [0.25, 0.3) is 0 Å². The van der Waals surface area contributed by atoms with Crippen molar-refractivity contribution in [2.45, 2.75) is 31.7 Å². The molecule has 1 aromatic rings. The van der Waals surface area contributed by atoms with Crippen molar-refractivity contribution >= 4 is 50.7 Å². The Morgan fingerprint density at radius 3 is 2.53 bits per heavy atom. The van der Waals surface area contributed by atoms with Gasteiger partial charge in [-0.05, 0) is 31.4 Å². The lowest BCUT2D eigenvalue weighted by Gasteiger charge is -2.26. The van der Waals surface area contributed by atoms with Crippen molar-refractivity contribution < 1.29 is 4.79 Å². The van der Waals surface area contributed by atoms with E-state index in [1.807, 2.05) is 0 Å². The highest BCUT2D eigenvalue weighted by molar-refractivity contribution is 9.10. The molecule has 0 bridgehead atoms. The molecular formula is C13H15BrCl2N2O. The number of nitrogens with one attached hydrogen (secondary N) is 1. The maximum Gasteiger partial charge on any atom is 0.227 e. The summed E-state index contributed by atoms with van der Waals surface area (Å²) in [5.41, 5.74) is 6.37. The number of nitrogens with two attached hydrogens (primary N) is 1. The summed E-state index contributed by atoms with van der Waals surface area (Å²) in [5.74, 6) is -0.110. The van der Waals surface area contributed by atoms with Gasteiger partial charge in [0.05, 0.1) is 15.7 Å². The summed E-state index contributed by atoms with van der Waals surface area (Å²) in [6, 6.07) is 3.52. The van der Waals surface area contributed by atoms with Crippen molar-refractivity contribution in [2.75, 3.05) is 5.32 Å². The Morgan fingerprint density at radius 1 is 1.32 bits per heavy atom. The van der Waals surface area contributed by atoms with Crippen LogP contribution in [0.3, 0.4) is 0 Å². The summed E-state index contributed by atoms with van der Waals surface area (Å²) in [6.07, 6.45) is 3.56. The fourth-order valence-corrected chi connectivity index (χ4v) is 3.66. The predicted molar refractivity (Wildman–Crippen MR) is 82.7 cm³/mol. The summed E-state index contributed by atoms with van der Waals surface area (Å²) in [5, 5.41) is 3.66. The van der Waals surface area contributed by atoms with E-state index < -0.39 is 0 Å². The van der Waals surface area contributed by atoms with E-state index in [0.29, 0.717) is 15.7 Å². The largest absolute Gasteiger partial charge is 0.328 e. The Morgan fingerprint density at radius 2 is 1.95 bits per heavy atom. The van der Waals surface area contributed by atoms with Gasteiger partial charge in [0.1, 0.15) is 0 Å². The Labute approximate surface area is 131 Å². The minimum absolute atomic E-state index is 0.0544. The molecular weight excluding hydrogens is 351 g/mol. The number of benzene rings is 1. The minimum Gasteiger partial charge on any atom is -0.328 e. The molecule has 2 atom stereocenters. The molecule has 0 saturated heterocycles. The number of anilines is 1. The first-order valence-corrected chi connectivity index (χ1v) is 7.73. The van der Waals surface area contributed by atoms with Crippen LogP contribution < -0.4 is 11.1 Å². The van der Waals surface area contributed by atoms with Gasteiger partial charge in [-0.15, -0.1) is 0 Å². The number of carbonyl (C=O) groups excluding carboxylic acids is 1. The molecule has 0 radical (unpaired) electrons. The van der Waals surface area contributed by atoms with Crippen LogP contribution in [0.1, 0.15) is 25.7 Å². The zero-order valence-corrected chi connectivity index (χ0v) is 13.4. The fraction of sp³-hybridized carbons (Fsp3) is 0.462.